The molecule has 2 aromatic rings. The van der Waals surface area contributed by atoms with Crippen molar-refractivity contribution >= 4 is 44.7 Å². The molecule has 3 rings (SSSR count). The lowest BCUT2D eigenvalue weighted by Crippen LogP contribution is -2.30. The maximum atomic E-state index is 12.6. The van der Waals surface area contributed by atoms with Gasteiger partial charge in [-0.3, -0.25) is 19.3 Å². The van der Waals surface area contributed by atoms with Crippen molar-refractivity contribution in [3.63, 3.8) is 0 Å². The van der Waals surface area contributed by atoms with E-state index in [0.717, 1.165) is 24.1 Å². The Bertz CT molecular complexity index is 1030. The fraction of sp³-hybridized carbons (Fsp3) is 0.381. The second-order valence-electron chi connectivity index (χ2n) is 7.29. The van der Waals surface area contributed by atoms with Gasteiger partial charge in [0.05, 0.1) is 17.4 Å². The van der Waals surface area contributed by atoms with Gasteiger partial charge >= 0.3 is 0 Å². The van der Waals surface area contributed by atoms with E-state index in [9.17, 15) is 18.0 Å². The molecule has 1 atom stereocenters. The summed E-state index contributed by atoms with van der Waals surface area (Å²) >= 11 is 1.46. The van der Waals surface area contributed by atoms with Crippen LogP contribution in [-0.2, 0) is 19.6 Å². The number of amides is 2. The van der Waals surface area contributed by atoms with Crippen LogP contribution in [0.1, 0.15) is 49.9 Å². The number of rotatable bonds is 7. The molecule has 0 bridgehead atoms. The standard InChI is InChI=1S/C21H26N4O4S2/c1-15(26)23-18(19-6-5-13-30-19)14-21(27)24-16-8-10-17(11-9-16)31(28,29)25-20-7-3-2-4-12-22-20/h5-6,8-11,13,18H,2-4,7,12,14H2,1H3,(H,22,25)(H,23,26)(H,24,27). The third kappa shape index (κ3) is 6.90. The monoisotopic (exact) mass is 462 g/mol. The van der Waals surface area contributed by atoms with E-state index in [0.29, 0.717) is 24.5 Å². The van der Waals surface area contributed by atoms with Crippen LogP contribution >= 0.6 is 11.3 Å². The van der Waals surface area contributed by atoms with Gasteiger partial charge in [0.2, 0.25) is 11.8 Å². The number of nitrogens with one attached hydrogen (secondary N) is 3. The van der Waals surface area contributed by atoms with Crippen LogP contribution in [-0.4, -0.2) is 32.6 Å². The van der Waals surface area contributed by atoms with Gasteiger partial charge in [-0.05, 0) is 48.6 Å². The predicted octanol–water partition coefficient (Wildman–Crippen LogP) is 3.20. The van der Waals surface area contributed by atoms with Crippen molar-refractivity contribution in [1.82, 2.24) is 10.0 Å². The van der Waals surface area contributed by atoms with Crippen LogP contribution in [0.15, 0.2) is 51.7 Å². The number of hydrogen-bond donors (Lipinski definition) is 3. The molecular formula is C21H26N4O4S2. The second kappa shape index (κ2) is 10.5. The van der Waals surface area contributed by atoms with Gasteiger partial charge in [0.25, 0.3) is 10.0 Å². The Morgan fingerprint density at radius 1 is 1.13 bits per heavy atom. The molecule has 0 saturated heterocycles. The molecule has 1 unspecified atom stereocenters. The molecule has 31 heavy (non-hydrogen) atoms. The summed E-state index contributed by atoms with van der Waals surface area (Å²) in [5.41, 5.74) is 0.475. The Labute approximate surface area is 186 Å². The first-order chi connectivity index (χ1) is 14.8. The van der Waals surface area contributed by atoms with Crippen molar-refractivity contribution in [2.75, 3.05) is 11.9 Å². The zero-order valence-electron chi connectivity index (χ0n) is 17.3. The summed E-state index contributed by atoms with van der Waals surface area (Å²) in [5.74, 6) is -0.00676. The summed E-state index contributed by atoms with van der Waals surface area (Å²) < 4.78 is 27.8. The second-order valence-corrected chi connectivity index (χ2v) is 9.95. The lowest BCUT2D eigenvalue weighted by Gasteiger charge is -2.16. The highest BCUT2D eigenvalue weighted by atomic mass is 32.2. The summed E-state index contributed by atoms with van der Waals surface area (Å²) in [7, 11) is -3.72. The molecule has 0 fully saturated rings. The Morgan fingerprint density at radius 2 is 1.90 bits per heavy atom. The summed E-state index contributed by atoms with van der Waals surface area (Å²) in [6.07, 6.45) is 3.61. The number of nitrogens with zero attached hydrogens (tertiary/aromatic N) is 1. The molecule has 1 aliphatic rings. The smallest absolute Gasteiger partial charge is 0.262 e. The highest BCUT2D eigenvalue weighted by molar-refractivity contribution is 7.90. The number of hydrogen-bond acceptors (Lipinski definition) is 6. The first-order valence-corrected chi connectivity index (χ1v) is 12.5. The minimum atomic E-state index is -3.72. The molecule has 10 heteroatoms. The van der Waals surface area contributed by atoms with E-state index in [-0.39, 0.29) is 23.1 Å². The third-order valence-corrected chi connectivity index (χ3v) is 7.11. The van der Waals surface area contributed by atoms with E-state index in [1.165, 1.54) is 30.4 Å². The van der Waals surface area contributed by atoms with Crippen LogP contribution < -0.4 is 15.4 Å². The number of benzene rings is 1. The normalized spacial score (nSPS) is 15.3. The molecule has 3 N–H and O–H groups in total. The van der Waals surface area contributed by atoms with Crippen molar-refractivity contribution < 1.29 is 18.0 Å². The van der Waals surface area contributed by atoms with Crippen molar-refractivity contribution in [2.45, 2.75) is 50.0 Å². The quantitative estimate of drug-likeness (QED) is 0.586. The van der Waals surface area contributed by atoms with Crippen molar-refractivity contribution in [1.29, 1.82) is 0 Å². The summed E-state index contributed by atoms with van der Waals surface area (Å²) in [6.45, 7) is 2.04. The van der Waals surface area contributed by atoms with Crippen molar-refractivity contribution in [2.24, 2.45) is 4.99 Å². The van der Waals surface area contributed by atoms with Gasteiger partial charge in [-0.15, -0.1) is 11.3 Å². The van der Waals surface area contributed by atoms with Gasteiger partial charge in [-0.1, -0.05) is 12.5 Å². The number of carbonyl (C=O) groups excluding carboxylic acids is 2. The number of thiophene rings is 1. The maximum Gasteiger partial charge on any atom is 0.262 e. The Hall–Kier alpha value is -2.72. The molecule has 1 aliphatic heterocycles. The molecule has 1 aromatic carbocycles. The third-order valence-electron chi connectivity index (χ3n) is 4.73. The first-order valence-electron chi connectivity index (χ1n) is 10.1. The lowest BCUT2D eigenvalue weighted by molar-refractivity contribution is -0.120. The Balaban J connectivity index is 1.62. The molecule has 2 amide bonds. The minimum Gasteiger partial charge on any atom is -0.348 e. The molecule has 1 aromatic heterocycles. The fourth-order valence-electron chi connectivity index (χ4n) is 3.24. The first kappa shape index (κ1) is 23.0. The summed E-state index contributed by atoms with van der Waals surface area (Å²) in [4.78, 5) is 29.2. The maximum absolute atomic E-state index is 12.6. The molecular weight excluding hydrogens is 436 g/mol. The van der Waals surface area contributed by atoms with Crippen LogP contribution in [0.2, 0.25) is 0 Å². The predicted molar refractivity (Wildman–Crippen MR) is 122 cm³/mol. The van der Waals surface area contributed by atoms with Gasteiger partial charge in [0.15, 0.2) is 0 Å². The topological polar surface area (TPSA) is 117 Å². The van der Waals surface area contributed by atoms with Gasteiger partial charge in [0, 0.05) is 30.5 Å². The Morgan fingerprint density at radius 3 is 2.58 bits per heavy atom. The number of sulfonamides is 1. The number of anilines is 1. The average Bonchev–Trinajstić information content (AvgIpc) is 3.13. The molecule has 0 spiro atoms. The Kier molecular flexibility index (Phi) is 7.80. The summed E-state index contributed by atoms with van der Waals surface area (Å²) in [5, 5.41) is 7.42. The van der Waals surface area contributed by atoms with Gasteiger partial charge in [-0.25, -0.2) is 8.42 Å². The van der Waals surface area contributed by atoms with E-state index in [1.54, 1.807) is 12.1 Å². The minimum absolute atomic E-state index is 0.0710. The van der Waals surface area contributed by atoms with Gasteiger partial charge in [0.1, 0.15) is 5.84 Å². The van der Waals surface area contributed by atoms with Crippen LogP contribution in [0.25, 0.3) is 0 Å². The van der Waals surface area contributed by atoms with Crippen molar-refractivity contribution in [3.8, 4) is 0 Å². The zero-order valence-corrected chi connectivity index (χ0v) is 18.9. The number of carbonyl (C=O) groups is 2. The molecule has 8 nitrogen and oxygen atoms in total. The van der Waals surface area contributed by atoms with Crippen LogP contribution in [0.5, 0.6) is 0 Å². The fourth-order valence-corrected chi connectivity index (χ4v) is 5.11. The van der Waals surface area contributed by atoms with E-state index in [4.69, 9.17) is 0 Å². The highest BCUT2D eigenvalue weighted by Gasteiger charge is 2.19. The van der Waals surface area contributed by atoms with Crippen molar-refractivity contribution in [3.05, 3.63) is 46.7 Å². The number of aliphatic imine (C=N–C) groups is 1. The van der Waals surface area contributed by atoms with E-state index >= 15 is 0 Å². The van der Waals surface area contributed by atoms with Crippen LogP contribution in [0.3, 0.4) is 0 Å². The lowest BCUT2D eigenvalue weighted by atomic mass is 10.1. The molecule has 0 saturated carbocycles. The largest absolute Gasteiger partial charge is 0.348 e. The van der Waals surface area contributed by atoms with Crippen LogP contribution in [0, 0.1) is 0 Å². The van der Waals surface area contributed by atoms with Gasteiger partial charge < -0.3 is 10.6 Å². The van der Waals surface area contributed by atoms with E-state index in [1.807, 2.05) is 17.5 Å². The van der Waals surface area contributed by atoms with Crippen LogP contribution in [0.4, 0.5) is 5.69 Å². The molecule has 0 aliphatic carbocycles. The van der Waals surface area contributed by atoms with Gasteiger partial charge in [-0.2, -0.15) is 0 Å². The average molecular weight is 463 g/mol. The SMILES string of the molecule is CC(=O)NC(CC(=O)Nc1ccc(S(=O)(=O)NC2=NCCCCC2)cc1)c1cccs1. The number of amidine groups is 1. The molecule has 2 heterocycles. The molecule has 0 radical (unpaired) electrons. The highest BCUT2D eigenvalue weighted by Crippen LogP contribution is 2.23. The van der Waals surface area contributed by atoms with E-state index < -0.39 is 16.1 Å². The molecule has 166 valence electrons. The van der Waals surface area contributed by atoms with E-state index in [2.05, 4.69) is 20.3 Å². The summed E-state index contributed by atoms with van der Waals surface area (Å²) in [6, 6.07) is 9.28. The zero-order chi connectivity index (χ0) is 22.3.